The maximum Gasteiger partial charge on any atom is 0.189 e. The van der Waals surface area contributed by atoms with Crippen LogP contribution in [0.15, 0.2) is 102 Å². The van der Waals surface area contributed by atoms with E-state index in [1.54, 1.807) is 11.8 Å². The molecule has 0 N–H and O–H groups in total. The zero-order valence-corrected chi connectivity index (χ0v) is 18.1. The average Bonchev–Trinajstić information content (AvgIpc) is 2.84. The predicted octanol–water partition coefficient (Wildman–Crippen LogP) is 7.30. The van der Waals surface area contributed by atoms with E-state index in [1.165, 1.54) is 5.56 Å². The Morgan fingerprint density at radius 1 is 0.645 bits per heavy atom. The molecule has 3 nitrogen and oxygen atoms in total. The summed E-state index contributed by atoms with van der Waals surface area (Å²) in [6.45, 7) is 0. The first kappa shape index (κ1) is 19.7. The number of aromatic nitrogens is 3. The van der Waals surface area contributed by atoms with Crippen LogP contribution in [-0.2, 0) is 5.75 Å². The van der Waals surface area contributed by atoms with Gasteiger partial charge in [0, 0.05) is 16.9 Å². The molecule has 0 aliphatic rings. The van der Waals surface area contributed by atoms with Crippen LogP contribution < -0.4 is 0 Å². The number of halogens is 1. The number of hydrogen-bond donors (Lipinski definition) is 0. The van der Waals surface area contributed by atoms with Gasteiger partial charge in [0.2, 0.25) is 0 Å². The van der Waals surface area contributed by atoms with E-state index in [2.05, 4.69) is 12.1 Å². The first-order chi connectivity index (χ1) is 15.3. The van der Waals surface area contributed by atoms with Crippen LogP contribution >= 0.6 is 23.4 Å². The first-order valence-electron chi connectivity index (χ1n) is 9.94. The molecule has 0 saturated heterocycles. The largest absolute Gasteiger partial charge is 0.244 e. The molecule has 3 aromatic carbocycles. The number of thioether (sulfide) groups is 1. The molecule has 2 aromatic heterocycles. The lowest BCUT2D eigenvalue weighted by Crippen LogP contribution is -1.98. The van der Waals surface area contributed by atoms with Gasteiger partial charge < -0.3 is 0 Å². The standard InChI is InChI=1S/C26H18ClN3S/c27-21-16-22(19-12-6-2-7-13-19)28-25-23(20-14-8-3-9-15-20)29-26(30-24(21)25)31-17-18-10-4-1-5-11-18/h1-16H,17H2. The minimum Gasteiger partial charge on any atom is -0.244 e. The van der Waals surface area contributed by atoms with Gasteiger partial charge in [-0.1, -0.05) is 114 Å². The van der Waals surface area contributed by atoms with E-state index in [0.717, 1.165) is 28.3 Å². The van der Waals surface area contributed by atoms with Gasteiger partial charge in [0.15, 0.2) is 5.16 Å². The normalized spacial score (nSPS) is 11.0. The summed E-state index contributed by atoms with van der Waals surface area (Å²) < 4.78 is 0. The third-order valence-corrected chi connectivity index (χ3v) is 6.12. The summed E-state index contributed by atoms with van der Waals surface area (Å²) in [6.07, 6.45) is 0. The minimum atomic E-state index is 0.574. The molecule has 0 spiro atoms. The van der Waals surface area contributed by atoms with E-state index in [0.29, 0.717) is 21.2 Å². The van der Waals surface area contributed by atoms with Crippen molar-refractivity contribution in [3.8, 4) is 22.5 Å². The van der Waals surface area contributed by atoms with Crippen LogP contribution in [-0.4, -0.2) is 15.0 Å². The van der Waals surface area contributed by atoms with Crippen LogP contribution in [0.5, 0.6) is 0 Å². The van der Waals surface area contributed by atoms with E-state index in [4.69, 9.17) is 26.6 Å². The Hall–Kier alpha value is -3.21. The molecule has 150 valence electrons. The van der Waals surface area contributed by atoms with Gasteiger partial charge in [0.1, 0.15) is 16.7 Å². The fourth-order valence-electron chi connectivity index (χ4n) is 3.39. The van der Waals surface area contributed by atoms with Gasteiger partial charge in [0.25, 0.3) is 0 Å². The summed E-state index contributed by atoms with van der Waals surface area (Å²) in [6, 6.07) is 32.3. The van der Waals surface area contributed by atoms with E-state index in [9.17, 15) is 0 Å². The first-order valence-corrected chi connectivity index (χ1v) is 11.3. The molecule has 5 heteroatoms. The zero-order chi connectivity index (χ0) is 21.0. The number of benzene rings is 3. The molecule has 2 heterocycles. The lowest BCUT2D eigenvalue weighted by molar-refractivity contribution is 1.00. The Kier molecular flexibility index (Phi) is 5.65. The van der Waals surface area contributed by atoms with Gasteiger partial charge in [-0.25, -0.2) is 15.0 Å². The highest BCUT2D eigenvalue weighted by molar-refractivity contribution is 7.98. The summed E-state index contributed by atoms with van der Waals surface area (Å²) >= 11 is 8.32. The van der Waals surface area contributed by atoms with Crippen molar-refractivity contribution >= 4 is 34.4 Å². The molecule has 5 rings (SSSR count). The van der Waals surface area contributed by atoms with Crippen LogP contribution in [0.4, 0.5) is 0 Å². The summed E-state index contributed by atoms with van der Waals surface area (Å²) in [4.78, 5) is 14.6. The third kappa shape index (κ3) is 4.31. The maximum absolute atomic E-state index is 6.72. The predicted molar refractivity (Wildman–Crippen MR) is 129 cm³/mol. The molecular formula is C26H18ClN3S. The van der Waals surface area contributed by atoms with Gasteiger partial charge in [-0.15, -0.1) is 0 Å². The van der Waals surface area contributed by atoms with Crippen molar-refractivity contribution in [2.45, 2.75) is 10.9 Å². The van der Waals surface area contributed by atoms with Crippen molar-refractivity contribution in [1.29, 1.82) is 0 Å². The lowest BCUT2D eigenvalue weighted by atomic mass is 10.1. The zero-order valence-electron chi connectivity index (χ0n) is 16.6. The van der Waals surface area contributed by atoms with Crippen LogP contribution in [0, 0.1) is 0 Å². The molecule has 5 aromatic rings. The second-order valence-corrected chi connectivity index (χ2v) is 8.40. The molecule has 0 radical (unpaired) electrons. The van der Waals surface area contributed by atoms with Crippen molar-refractivity contribution in [3.63, 3.8) is 0 Å². The molecule has 0 unspecified atom stereocenters. The number of fused-ring (bicyclic) bond motifs is 1. The summed E-state index contributed by atoms with van der Waals surface area (Å²) in [5.41, 5.74) is 6.20. The maximum atomic E-state index is 6.72. The number of rotatable bonds is 5. The van der Waals surface area contributed by atoms with Crippen molar-refractivity contribution < 1.29 is 0 Å². The van der Waals surface area contributed by atoms with Gasteiger partial charge in [-0.05, 0) is 11.6 Å². The minimum absolute atomic E-state index is 0.574. The van der Waals surface area contributed by atoms with Crippen molar-refractivity contribution in [2.75, 3.05) is 0 Å². The van der Waals surface area contributed by atoms with Gasteiger partial charge in [0.05, 0.1) is 10.7 Å². The Labute approximate surface area is 190 Å². The SMILES string of the molecule is Clc1cc(-c2ccccc2)nc2c(-c3ccccc3)nc(SCc3ccccc3)nc12. The van der Waals surface area contributed by atoms with Crippen molar-refractivity contribution in [1.82, 2.24) is 15.0 Å². The third-order valence-electron chi connectivity index (χ3n) is 4.91. The second kappa shape index (κ2) is 8.88. The van der Waals surface area contributed by atoms with Crippen LogP contribution in [0.25, 0.3) is 33.5 Å². The van der Waals surface area contributed by atoms with Crippen LogP contribution in [0.2, 0.25) is 5.02 Å². The van der Waals surface area contributed by atoms with Gasteiger partial charge in [-0.3, -0.25) is 0 Å². The van der Waals surface area contributed by atoms with Gasteiger partial charge in [-0.2, -0.15) is 0 Å². The van der Waals surface area contributed by atoms with Crippen molar-refractivity contribution in [3.05, 3.63) is 108 Å². The molecular weight excluding hydrogens is 422 g/mol. The second-order valence-electron chi connectivity index (χ2n) is 7.05. The Morgan fingerprint density at radius 2 is 1.26 bits per heavy atom. The molecule has 0 aliphatic heterocycles. The van der Waals surface area contributed by atoms with Crippen LogP contribution in [0.1, 0.15) is 5.56 Å². The van der Waals surface area contributed by atoms with E-state index in [-0.39, 0.29) is 0 Å². The highest BCUT2D eigenvalue weighted by atomic mass is 35.5. The lowest BCUT2D eigenvalue weighted by Gasteiger charge is -2.11. The van der Waals surface area contributed by atoms with Gasteiger partial charge >= 0.3 is 0 Å². The summed E-state index contributed by atoms with van der Waals surface area (Å²) in [7, 11) is 0. The van der Waals surface area contributed by atoms with E-state index in [1.807, 2.05) is 84.9 Å². The molecule has 0 atom stereocenters. The average molecular weight is 440 g/mol. The molecule has 0 fully saturated rings. The molecule has 0 bridgehead atoms. The Balaban J connectivity index is 1.65. The monoisotopic (exact) mass is 439 g/mol. The smallest absolute Gasteiger partial charge is 0.189 e. The molecule has 0 saturated carbocycles. The van der Waals surface area contributed by atoms with Crippen molar-refractivity contribution in [2.24, 2.45) is 0 Å². The molecule has 0 amide bonds. The fraction of sp³-hybridized carbons (Fsp3) is 0.0385. The fourth-order valence-corrected chi connectivity index (χ4v) is 4.42. The molecule has 0 aliphatic carbocycles. The number of hydrogen-bond acceptors (Lipinski definition) is 4. The number of nitrogens with zero attached hydrogens (tertiary/aromatic N) is 3. The Bertz CT molecular complexity index is 1330. The van der Waals surface area contributed by atoms with Crippen LogP contribution in [0.3, 0.4) is 0 Å². The Morgan fingerprint density at radius 3 is 1.94 bits per heavy atom. The topological polar surface area (TPSA) is 38.7 Å². The summed E-state index contributed by atoms with van der Waals surface area (Å²) in [5.74, 6) is 0.785. The number of pyridine rings is 1. The van der Waals surface area contributed by atoms with E-state index >= 15 is 0 Å². The quantitative estimate of drug-likeness (QED) is 0.212. The summed E-state index contributed by atoms with van der Waals surface area (Å²) in [5, 5.41) is 1.26. The van der Waals surface area contributed by atoms with E-state index < -0.39 is 0 Å². The highest BCUT2D eigenvalue weighted by Crippen LogP contribution is 2.34. The molecule has 31 heavy (non-hydrogen) atoms. The highest BCUT2D eigenvalue weighted by Gasteiger charge is 2.16.